The zero-order chi connectivity index (χ0) is 12.3. The molecule has 0 amide bonds. The third-order valence-electron chi connectivity index (χ3n) is 1.95. The Morgan fingerprint density at radius 1 is 1.35 bits per heavy atom. The number of rotatable bonds is 3. The van der Waals surface area contributed by atoms with Crippen molar-refractivity contribution in [2.75, 3.05) is 5.32 Å². The summed E-state index contributed by atoms with van der Waals surface area (Å²) in [6.45, 7) is 0. The summed E-state index contributed by atoms with van der Waals surface area (Å²) in [4.78, 5) is 18.4. The number of aromatic nitrogens is 2. The Bertz CT molecular complexity index is 560. The van der Waals surface area contributed by atoms with Gasteiger partial charge in [-0.1, -0.05) is 22.0 Å². The first kappa shape index (κ1) is 11.5. The number of carbonyl (C=O) groups is 1. The van der Waals surface area contributed by atoms with Gasteiger partial charge >= 0.3 is 5.97 Å². The van der Waals surface area contributed by atoms with Crippen LogP contribution in [-0.2, 0) is 0 Å². The molecule has 0 aliphatic carbocycles. The van der Waals surface area contributed by atoms with Crippen LogP contribution in [0.3, 0.4) is 0 Å². The van der Waals surface area contributed by atoms with Crippen LogP contribution in [0.25, 0.3) is 0 Å². The topological polar surface area (TPSA) is 75.1 Å². The number of carboxylic acids is 1. The molecule has 0 bridgehead atoms. The Balaban J connectivity index is 2.24. The van der Waals surface area contributed by atoms with Crippen molar-refractivity contribution in [3.63, 3.8) is 0 Å². The van der Waals surface area contributed by atoms with Crippen LogP contribution in [-0.4, -0.2) is 21.0 Å². The first-order valence-electron chi connectivity index (χ1n) is 4.73. The second-order valence-corrected chi connectivity index (χ2v) is 4.15. The highest BCUT2D eigenvalue weighted by molar-refractivity contribution is 9.10. The molecule has 17 heavy (non-hydrogen) atoms. The lowest BCUT2D eigenvalue weighted by molar-refractivity contribution is 0.0690. The van der Waals surface area contributed by atoms with Crippen molar-refractivity contribution in [2.24, 2.45) is 0 Å². The third-order valence-corrected chi connectivity index (χ3v) is 2.44. The van der Waals surface area contributed by atoms with Gasteiger partial charge in [0.15, 0.2) is 5.69 Å². The summed E-state index contributed by atoms with van der Waals surface area (Å²) in [7, 11) is 0. The SMILES string of the molecule is O=C(O)c1cncc(Nc2cccc(Br)c2)n1. The van der Waals surface area contributed by atoms with Gasteiger partial charge < -0.3 is 10.4 Å². The van der Waals surface area contributed by atoms with Gasteiger partial charge in [-0.05, 0) is 18.2 Å². The second kappa shape index (κ2) is 4.92. The molecule has 5 nitrogen and oxygen atoms in total. The molecule has 0 saturated heterocycles. The number of carboxylic acid groups (broad SMARTS) is 1. The third kappa shape index (κ3) is 3.01. The average Bonchev–Trinajstić information content (AvgIpc) is 2.29. The first-order valence-corrected chi connectivity index (χ1v) is 5.52. The highest BCUT2D eigenvalue weighted by atomic mass is 79.9. The molecule has 0 fully saturated rings. The fourth-order valence-corrected chi connectivity index (χ4v) is 1.64. The zero-order valence-electron chi connectivity index (χ0n) is 8.59. The van der Waals surface area contributed by atoms with Gasteiger partial charge in [-0.25, -0.2) is 9.78 Å². The molecule has 0 saturated carbocycles. The van der Waals surface area contributed by atoms with Crippen molar-refractivity contribution < 1.29 is 9.90 Å². The summed E-state index contributed by atoms with van der Waals surface area (Å²) in [5.41, 5.74) is 0.709. The fraction of sp³-hybridized carbons (Fsp3) is 0. The summed E-state index contributed by atoms with van der Waals surface area (Å²) >= 11 is 3.34. The quantitative estimate of drug-likeness (QED) is 0.910. The Hall–Kier alpha value is -1.95. The maximum atomic E-state index is 10.7. The number of hydrogen-bond acceptors (Lipinski definition) is 4. The molecule has 1 heterocycles. The van der Waals surface area contributed by atoms with E-state index >= 15 is 0 Å². The van der Waals surface area contributed by atoms with E-state index in [9.17, 15) is 4.79 Å². The van der Waals surface area contributed by atoms with Crippen molar-refractivity contribution in [2.45, 2.75) is 0 Å². The summed E-state index contributed by atoms with van der Waals surface area (Å²) in [6, 6.07) is 7.46. The Morgan fingerprint density at radius 2 is 2.18 bits per heavy atom. The van der Waals surface area contributed by atoms with Crippen LogP contribution in [0.4, 0.5) is 11.5 Å². The van der Waals surface area contributed by atoms with Gasteiger partial charge in [-0.3, -0.25) is 4.98 Å². The largest absolute Gasteiger partial charge is 0.476 e. The van der Waals surface area contributed by atoms with Gasteiger partial charge in [0.05, 0.1) is 12.4 Å². The molecule has 0 aliphatic rings. The summed E-state index contributed by atoms with van der Waals surface area (Å²) in [5, 5.41) is 11.8. The zero-order valence-corrected chi connectivity index (χ0v) is 10.2. The minimum atomic E-state index is -1.10. The minimum Gasteiger partial charge on any atom is -0.476 e. The lowest BCUT2D eigenvalue weighted by Crippen LogP contribution is -2.03. The highest BCUT2D eigenvalue weighted by Gasteiger charge is 2.06. The monoisotopic (exact) mass is 293 g/mol. The normalized spacial score (nSPS) is 9.94. The van der Waals surface area contributed by atoms with E-state index in [1.807, 2.05) is 24.3 Å². The van der Waals surface area contributed by atoms with Crippen LogP contribution in [0.15, 0.2) is 41.1 Å². The average molecular weight is 294 g/mol. The van der Waals surface area contributed by atoms with E-state index in [-0.39, 0.29) is 5.69 Å². The lowest BCUT2D eigenvalue weighted by Gasteiger charge is -2.05. The van der Waals surface area contributed by atoms with Crippen molar-refractivity contribution in [3.8, 4) is 0 Å². The molecule has 2 N–H and O–H groups in total. The summed E-state index contributed by atoms with van der Waals surface area (Å²) < 4.78 is 0.921. The predicted molar refractivity (Wildman–Crippen MR) is 66.4 cm³/mol. The van der Waals surface area contributed by atoms with Crippen LogP contribution >= 0.6 is 15.9 Å². The van der Waals surface area contributed by atoms with E-state index in [4.69, 9.17) is 5.11 Å². The molecule has 0 aliphatic heterocycles. The van der Waals surface area contributed by atoms with Crippen LogP contribution < -0.4 is 5.32 Å². The molecule has 1 aromatic carbocycles. The number of anilines is 2. The molecule has 2 rings (SSSR count). The van der Waals surface area contributed by atoms with Crippen molar-refractivity contribution >= 4 is 33.4 Å². The number of nitrogens with one attached hydrogen (secondary N) is 1. The maximum absolute atomic E-state index is 10.7. The number of hydrogen-bond donors (Lipinski definition) is 2. The van der Waals surface area contributed by atoms with Crippen LogP contribution in [0, 0.1) is 0 Å². The molecular weight excluding hydrogens is 286 g/mol. The van der Waals surface area contributed by atoms with Crippen molar-refractivity contribution in [3.05, 3.63) is 46.8 Å². The Labute approximate surface area is 106 Å². The Morgan fingerprint density at radius 3 is 2.88 bits per heavy atom. The van der Waals surface area contributed by atoms with Crippen LogP contribution in [0.5, 0.6) is 0 Å². The van der Waals surface area contributed by atoms with Gasteiger partial charge in [0.1, 0.15) is 5.82 Å². The minimum absolute atomic E-state index is 0.0926. The fourth-order valence-electron chi connectivity index (χ4n) is 1.24. The van der Waals surface area contributed by atoms with Crippen molar-refractivity contribution in [1.82, 2.24) is 9.97 Å². The van der Waals surface area contributed by atoms with E-state index in [1.54, 1.807) is 0 Å². The highest BCUT2D eigenvalue weighted by Crippen LogP contribution is 2.18. The van der Waals surface area contributed by atoms with Gasteiger partial charge in [-0.2, -0.15) is 0 Å². The van der Waals surface area contributed by atoms with E-state index in [0.29, 0.717) is 5.82 Å². The summed E-state index contributed by atoms with van der Waals surface area (Å²) in [6.07, 6.45) is 2.67. The molecule has 6 heteroatoms. The van der Waals surface area contributed by atoms with E-state index in [1.165, 1.54) is 12.4 Å². The van der Waals surface area contributed by atoms with E-state index in [0.717, 1.165) is 10.2 Å². The molecule has 86 valence electrons. The van der Waals surface area contributed by atoms with Gasteiger partial charge in [0.2, 0.25) is 0 Å². The molecule has 0 radical (unpaired) electrons. The van der Waals surface area contributed by atoms with Gasteiger partial charge in [0, 0.05) is 10.2 Å². The molecule has 2 aromatic rings. The second-order valence-electron chi connectivity index (χ2n) is 3.23. The van der Waals surface area contributed by atoms with E-state index < -0.39 is 5.97 Å². The predicted octanol–water partition coefficient (Wildman–Crippen LogP) is 2.68. The number of halogens is 1. The van der Waals surface area contributed by atoms with Crippen LogP contribution in [0.2, 0.25) is 0 Å². The molecule has 1 aromatic heterocycles. The van der Waals surface area contributed by atoms with Gasteiger partial charge in [-0.15, -0.1) is 0 Å². The first-order chi connectivity index (χ1) is 8.15. The van der Waals surface area contributed by atoms with Gasteiger partial charge in [0.25, 0.3) is 0 Å². The van der Waals surface area contributed by atoms with Crippen molar-refractivity contribution in [1.29, 1.82) is 0 Å². The number of benzene rings is 1. The molecule has 0 atom stereocenters. The molecular formula is C11H8BrN3O2. The Kier molecular flexibility index (Phi) is 3.34. The maximum Gasteiger partial charge on any atom is 0.356 e. The van der Waals surface area contributed by atoms with E-state index in [2.05, 4.69) is 31.2 Å². The van der Waals surface area contributed by atoms with Crippen LogP contribution in [0.1, 0.15) is 10.5 Å². The number of nitrogens with zero attached hydrogens (tertiary/aromatic N) is 2. The smallest absolute Gasteiger partial charge is 0.356 e. The number of aromatic carboxylic acids is 1. The lowest BCUT2D eigenvalue weighted by atomic mass is 10.3. The molecule has 0 spiro atoms. The standard InChI is InChI=1S/C11H8BrN3O2/c12-7-2-1-3-8(4-7)14-10-6-13-5-9(15-10)11(16)17/h1-6H,(H,14,15)(H,16,17). The summed E-state index contributed by atoms with van der Waals surface area (Å²) in [5.74, 6) is -0.710. The molecule has 0 unspecified atom stereocenters.